The molecule has 5 heteroatoms. The average molecular weight is 1030 g/mol. The molecule has 0 heterocycles. The van der Waals surface area contributed by atoms with Crippen LogP contribution in [0.25, 0.3) is 0 Å². The molecule has 0 fully saturated rings. The fourth-order valence-corrected chi connectivity index (χ4v) is 40.6. The SMILES string of the molecule is Cc1cc[c]([Sb]([O]C(=O)[O][Sb]([c]2ccc(C)cc2)([c]2ccc(C)cc2)([c]2ccc(C)cc2)[c]2ccc(C)cc2)([c]2ccc(C)cc2)([c]2ccc(C)cc2)[c]2ccc(C)cc2)cc1. The molecule has 0 aliphatic heterocycles. The van der Waals surface area contributed by atoms with Crippen LogP contribution in [0.3, 0.4) is 0 Å². The number of rotatable bonds is 10. The van der Waals surface area contributed by atoms with Crippen molar-refractivity contribution >= 4 is 69.9 Å². The van der Waals surface area contributed by atoms with E-state index in [2.05, 4.69) is 250 Å². The van der Waals surface area contributed by atoms with Crippen LogP contribution < -0.4 is 28.1 Å². The summed E-state index contributed by atoms with van der Waals surface area (Å²) in [7, 11) is 0. The topological polar surface area (TPSA) is 35.5 Å². The standard InChI is InChI=1S/8C7H7.CH2O3.2Sb/c8*1-7-5-3-2-4-6-7;2-1(3)4;;/h8*3-6H,1H3;(H2,2,3,4);;/q;;;;;;;;;2*+1/p-2. The maximum absolute atomic E-state index is 16.7. The van der Waals surface area contributed by atoms with Crippen molar-refractivity contribution in [2.45, 2.75) is 55.4 Å². The van der Waals surface area contributed by atoms with E-state index in [1.165, 1.54) is 0 Å². The van der Waals surface area contributed by atoms with Gasteiger partial charge < -0.3 is 0 Å². The Hall–Kier alpha value is -5.33. The third-order valence-corrected chi connectivity index (χ3v) is 45.0. The minimum atomic E-state index is -5.91. The zero-order valence-electron chi connectivity index (χ0n) is 37.1. The van der Waals surface area contributed by atoms with Gasteiger partial charge in [0.05, 0.1) is 0 Å². The van der Waals surface area contributed by atoms with E-state index in [9.17, 15) is 0 Å². The van der Waals surface area contributed by atoms with Crippen LogP contribution in [0.1, 0.15) is 44.5 Å². The molecule has 0 N–H and O–H groups in total. The monoisotopic (exact) mass is 1030 g/mol. The van der Waals surface area contributed by atoms with Crippen molar-refractivity contribution in [1.29, 1.82) is 0 Å². The van der Waals surface area contributed by atoms with Gasteiger partial charge in [-0.05, 0) is 0 Å². The van der Waals surface area contributed by atoms with Gasteiger partial charge in [0.15, 0.2) is 0 Å². The Morgan fingerprint density at radius 1 is 0.242 bits per heavy atom. The summed E-state index contributed by atoms with van der Waals surface area (Å²) in [6.07, 6.45) is -0.696. The normalized spacial score (nSPS) is 13.0. The molecule has 312 valence electrons. The summed E-state index contributed by atoms with van der Waals surface area (Å²) in [6.45, 7) is 16.8. The van der Waals surface area contributed by atoms with Gasteiger partial charge in [0.1, 0.15) is 0 Å². The van der Waals surface area contributed by atoms with Gasteiger partial charge in [0, 0.05) is 0 Å². The molecular weight excluding hydrogens is 976 g/mol. The molecule has 0 bridgehead atoms. The Morgan fingerprint density at radius 2 is 0.355 bits per heavy atom. The fourth-order valence-electron chi connectivity index (χ4n) is 9.16. The molecule has 8 rings (SSSR count). The van der Waals surface area contributed by atoms with Gasteiger partial charge in [-0.1, -0.05) is 0 Å². The summed E-state index contributed by atoms with van der Waals surface area (Å²) in [5, 5.41) is 0. The molecule has 0 unspecified atom stereocenters. The van der Waals surface area contributed by atoms with Crippen LogP contribution in [0.15, 0.2) is 194 Å². The van der Waals surface area contributed by atoms with Crippen molar-refractivity contribution in [3.8, 4) is 0 Å². The molecule has 0 saturated carbocycles. The predicted octanol–water partition coefficient (Wildman–Crippen LogP) is 8.66. The number of carbonyl (C=O) groups excluding carboxylic acids is 1. The summed E-state index contributed by atoms with van der Waals surface area (Å²) in [5.41, 5.74) is 8.95. The van der Waals surface area contributed by atoms with Crippen LogP contribution in [0, 0.1) is 55.4 Å². The van der Waals surface area contributed by atoms with E-state index in [1.807, 2.05) is 0 Å². The van der Waals surface area contributed by atoms with Gasteiger partial charge in [0.2, 0.25) is 0 Å². The van der Waals surface area contributed by atoms with Crippen LogP contribution in [0.5, 0.6) is 0 Å². The second kappa shape index (κ2) is 16.7. The third-order valence-electron chi connectivity index (χ3n) is 12.7. The third kappa shape index (κ3) is 6.94. The van der Waals surface area contributed by atoms with Gasteiger partial charge in [-0.2, -0.15) is 0 Å². The second-order valence-electron chi connectivity index (χ2n) is 17.2. The molecule has 0 amide bonds. The van der Waals surface area contributed by atoms with Gasteiger partial charge >= 0.3 is 375 Å². The van der Waals surface area contributed by atoms with E-state index in [4.69, 9.17) is 6.03 Å². The van der Waals surface area contributed by atoms with Crippen molar-refractivity contribution in [3.63, 3.8) is 0 Å². The van der Waals surface area contributed by atoms with Gasteiger partial charge in [0.25, 0.3) is 0 Å². The van der Waals surface area contributed by atoms with Crippen LogP contribution >= 0.6 is 0 Å². The molecule has 0 saturated heterocycles. The average Bonchev–Trinajstić information content (AvgIpc) is 3.27. The van der Waals surface area contributed by atoms with Crippen molar-refractivity contribution in [2.75, 3.05) is 0 Å². The quantitative estimate of drug-likeness (QED) is 0.129. The summed E-state index contributed by atoms with van der Waals surface area (Å²) in [6, 6.07) is 69.4. The summed E-state index contributed by atoms with van der Waals surface area (Å²) >= 11 is -11.8. The Bertz CT molecular complexity index is 2260. The predicted molar refractivity (Wildman–Crippen MR) is 266 cm³/mol. The van der Waals surface area contributed by atoms with Crippen LogP contribution in [0.4, 0.5) is 4.79 Å². The maximum atomic E-state index is 16.7. The molecule has 0 aliphatic rings. The molecule has 62 heavy (non-hydrogen) atoms. The molecule has 0 spiro atoms. The summed E-state index contributed by atoms with van der Waals surface area (Å²) < 4.78 is 23.8. The first-order valence-electron chi connectivity index (χ1n) is 21.3. The number of carbonyl (C=O) groups is 1. The van der Waals surface area contributed by atoms with Gasteiger partial charge in [-0.15, -0.1) is 0 Å². The molecule has 8 aromatic rings. The Morgan fingerprint density at radius 3 is 0.468 bits per heavy atom. The van der Waals surface area contributed by atoms with Crippen molar-refractivity contribution in [2.24, 2.45) is 0 Å². The first-order valence-corrected chi connectivity index (χ1v) is 33.6. The summed E-state index contributed by atoms with van der Waals surface area (Å²) in [4.78, 5) is 16.7. The molecular formula is C57H56O3Sb2. The molecule has 0 radical (unpaired) electrons. The Kier molecular flexibility index (Phi) is 11.7. The van der Waals surface area contributed by atoms with Crippen LogP contribution in [0.2, 0.25) is 0 Å². The zero-order chi connectivity index (χ0) is 43.8. The first-order chi connectivity index (χ1) is 29.8. The number of hydrogen-bond acceptors (Lipinski definition) is 3. The molecule has 0 aromatic heterocycles. The van der Waals surface area contributed by atoms with Gasteiger partial charge in [-0.25, -0.2) is 0 Å². The van der Waals surface area contributed by atoms with E-state index >= 15 is 4.79 Å². The molecule has 3 nitrogen and oxygen atoms in total. The fraction of sp³-hybridized carbons (Fsp3) is 0.140. The minimum absolute atomic E-state index is 0.696. The number of aryl methyl sites for hydroxylation is 8. The first kappa shape index (κ1) is 43.3. The van der Waals surface area contributed by atoms with E-state index in [0.29, 0.717) is 0 Å². The molecule has 0 aliphatic carbocycles. The van der Waals surface area contributed by atoms with Crippen molar-refractivity contribution in [3.05, 3.63) is 239 Å². The Labute approximate surface area is 371 Å². The number of hydrogen-bond donors (Lipinski definition) is 0. The van der Waals surface area contributed by atoms with Crippen LogP contribution in [-0.4, -0.2) is 41.8 Å². The van der Waals surface area contributed by atoms with E-state index in [1.54, 1.807) is 0 Å². The second-order valence-corrected chi connectivity index (χ2v) is 41.8. The van der Waals surface area contributed by atoms with E-state index < -0.39 is 41.8 Å². The number of benzene rings is 8. The van der Waals surface area contributed by atoms with Crippen LogP contribution in [-0.2, 0) is 6.03 Å². The van der Waals surface area contributed by atoms with Crippen molar-refractivity contribution in [1.82, 2.24) is 0 Å². The Balaban J connectivity index is 1.56. The van der Waals surface area contributed by atoms with E-state index in [0.717, 1.165) is 72.6 Å². The van der Waals surface area contributed by atoms with Crippen molar-refractivity contribution < 1.29 is 10.8 Å². The summed E-state index contributed by atoms with van der Waals surface area (Å²) in [5.74, 6) is 0. The molecule has 8 aromatic carbocycles. The molecule has 0 atom stereocenters. The van der Waals surface area contributed by atoms with Gasteiger partial charge in [-0.3, -0.25) is 0 Å². The van der Waals surface area contributed by atoms with E-state index in [-0.39, 0.29) is 0 Å². The zero-order valence-corrected chi connectivity index (χ0v) is 42.2.